The van der Waals surface area contributed by atoms with E-state index in [1.54, 1.807) is 6.07 Å². The lowest BCUT2D eigenvalue weighted by molar-refractivity contribution is 0.0801. The Labute approximate surface area is 227 Å². The van der Waals surface area contributed by atoms with Crippen molar-refractivity contribution in [3.8, 4) is 11.3 Å². The van der Waals surface area contributed by atoms with Crippen molar-refractivity contribution in [2.45, 2.75) is 65.6 Å². The van der Waals surface area contributed by atoms with Crippen LogP contribution in [0.4, 0.5) is 14.7 Å². The van der Waals surface area contributed by atoms with Crippen molar-refractivity contribution >= 4 is 17.0 Å². The number of hydrogen-bond acceptors (Lipinski definition) is 7. The highest BCUT2D eigenvalue weighted by atomic mass is 19.1. The zero-order chi connectivity index (χ0) is 27.8. The number of anilines is 1. The molecule has 1 saturated heterocycles. The molecule has 0 amide bonds. The van der Waals surface area contributed by atoms with Gasteiger partial charge in [-0.05, 0) is 89.9 Å². The summed E-state index contributed by atoms with van der Waals surface area (Å²) in [5, 5.41) is 17.5. The van der Waals surface area contributed by atoms with E-state index in [2.05, 4.69) is 37.4 Å². The number of dihydropyridines is 1. The van der Waals surface area contributed by atoms with E-state index < -0.39 is 17.7 Å². The molecule has 1 aromatic carbocycles. The molecule has 0 bridgehead atoms. The Kier molecular flexibility index (Phi) is 7.68. The van der Waals surface area contributed by atoms with Crippen LogP contribution in [-0.4, -0.2) is 61.3 Å². The number of nitrogens with one attached hydrogen (secondary N) is 2. The fraction of sp³-hybridized carbons (Fsp3) is 0.483. The number of allylic oxidation sites excluding steroid dienone is 2. The molecule has 2 aromatic heterocycles. The number of hydrogen-bond donors (Lipinski definition) is 3. The van der Waals surface area contributed by atoms with Crippen LogP contribution in [0.1, 0.15) is 52.4 Å². The molecule has 3 aromatic rings. The number of aryl methyl sites for hydroxylation is 1. The van der Waals surface area contributed by atoms with Gasteiger partial charge in [0.15, 0.2) is 11.6 Å². The normalized spacial score (nSPS) is 19.7. The monoisotopic (exact) mass is 537 g/mol. The molecule has 2 aliphatic rings. The van der Waals surface area contributed by atoms with E-state index in [4.69, 9.17) is 0 Å². The van der Waals surface area contributed by atoms with Gasteiger partial charge in [0.05, 0.1) is 17.8 Å². The molecule has 10 heteroatoms. The summed E-state index contributed by atoms with van der Waals surface area (Å²) in [6.07, 6.45) is 6.29. The van der Waals surface area contributed by atoms with Gasteiger partial charge in [-0.3, -0.25) is 0 Å². The first kappa shape index (κ1) is 27.2. The van der Waals surface area contributed by atoms with Crippen molar-refractivity contribution in [2.24, 2.45) is 5.92 Å². The van der Waals surface area contributed by atoms with Gasteiger partial charge < -0.3 is 25.2 Å². The maximum atomic E-state index is 15.0. The molecule has 2 atom stereocenters. The number of piperidine rings is 1. The highest BCUT2D eigenvalue weighted by Crippen LogP contribution is 2.31. The van der Waals surface area contributed by atoms with Crippen molar-refractivity contribution in [3.05, 3.63) is 59.3 Å². The molecule has 0 aliphatic carbocycles. The number of fused-ring (bicyclic) bond motifs is 1. The molecule has 208 valence electrons. The summed E-state index contributed by atoms with van der Waals surface area (Å²) in [5.74, 6) is 0.560. The Bertz CT molecular complexity index is 1420. The molecule has 0 spiro atoms. The Morgan fingerprint density at radius 1 is 1.13 bits per heavy atom. The minimum atomic E-state index is -0.648. The highest BCUT2D eigenvalue weighted by molar-refractivity contribution is 5.83. The van der Waals surface area contributed by atoms with Gasteiger partial charge in [0.2, 0.25) is 5.95 Å². The van der Waals surface area contributed by atoms with E-state index in [1.165, 1.54) is 6.07 Å². The number of halogens is 2. The predicted molar refractivity (Wildman–Crippen MR) is 149 cm³/mol. The van der Waals surface area contributed by atoms with E-state index in [0.29, 0.717) is 22.7 Å². The number of aromatic nitrogens is 4. The SMILES string of the molecule is CCN1CCC(C(O)C2=CC=C(Nc3ncc(F)c(-c4cc(F)c5nc(C)n(C(C)C)c5c4)n3)NC2C)CC1. The third-order valence-electron chi connectivity index (χ3n) is 7.89. The van der Waals surface area contributed by atoms with Gasteiger partial charge >= 0.3 is 0 Å². The second kappa shape index (κ2) is 11.0. The van der Waals surface area contributed by atoms with E-state index >= 15 is 4.39 Å². The maximum Gasteiger partial charge on any atom is 0.229 e. The van der Waals surface area contributed by atoms with Crippen LogP contribution in [0.2, 0.25) is 0 Å². The van der Waals surface area contributed by atoms with Gasteiger partial charge in [-0.15, -0.1) is 0 Å². The smallest absolute Gasteiger partial charge is 0.229 e. The first-order chi connectivity index (χ1) is 18.7. The van der Waals surface area contributed by atoms with Gasteiger partial charge in [-0.1, -0.05) is 13.0 Å². The molecular formula is C29H37F2N7O. The molecule has 5 rings (SSSR count). The number of rotatable bonds is 7. The molecule has 0 radical (unpaired) electrons. The molecule has 3 N–H and O–H groups in total. The zero-order valence-corrected chi connectivity index (χ0v) is 23.2. The zero-order valence-electron chi connectivity index (χ0n) is 23.2. The summed E-state index contributed by atoms with van der Waals surface area (Å²) in [6, 6.07) is 2.93. The van der Waals surface area contributed by atoms with Gasteiger partial charge in [-0.2, -0.15) is 0 Å². The first-order valence-electron chi connectivity index (χ1n) is 13.7. The second-order valence-corrected chi connectivity index (χ2v) is 10.8. The van der Waals surface area contributed by atoms with Crippen LogP contribution in [0, 0.1) is 24.5 Å². The number of aliphatic hydroxyl groups excluding tert-OH is 1. The number of benzene rings is 1. The quantitative estimate of drug-likeness (QED) is 0.394. The van der Waals surface area contributed by atoms with E-state index in [0.717, 1.165) is 44.2 Å². The molecule has 39 heavy (non-hydrogen) atoms. The van der Waals surface area contributed by atoms with Gasteiger partial charge in [0, 0.05) is 17.6 Å². The van der Waals surface area contributed by atoms with Crippen LogP contribution in [0.5, 0.6) is 0 Å². The summed E-state index contributed by atoms with van der Waals surface area (Å²) in [5.41, 5.74) is 2.09. The van der Waals surface area contributed by atoms with Gasteiger partial charge in [0.1, 0.15) is 22.9 Å². The average molecular weight is 538 g/mol. The lowest BCUT2D eigenvalue weighted by Gasteiger charge is -2.36. The molecular weight excluding hydrogens is 500 g/mol. The summed E-state index contributed by atoms with van der Waals surface area (Å²) in [6.45, 7) is 13.0. The third kappa shape index (κ3) is 5.40. The summed E-state index contributed by atoms with van der Waals surface area (Å²) in [4.78, 5) is 15.2. The van der Waals surface area contributed by atoms with Crippen LogP contribution < -0.4 is 10.6 Å². The highest BCUT2D eigenvalue weighted by Gasteiger charge is 2.30. The van der Waals surface area contributed by atoms with Crippen LogP contribution >= 0.6 is 0 Å². The summed E-state index contributed by atoms with van der Waals surface area (Å²) >= 11 is 0. The van der Waals surface area contributed by atoms with E-state index in [-0.39, 0.29) is 35.2 Å². The fourth-order valence-electron chi connectivity index (χ4n) is 5.79. The topological polar surface area (TPSA) is 91.1 Å². The Morgan fingerprint density at radius 2 is 1.87 bits per heavy atom. The first-order valence-corrected chi connectivity index (χ1v) is 13.7. The average Bonchev–Trinajstić information content (AvgIpc) is 3.26. The lowest BCUT2D eigenvalue weighted by atomic mass is 9.84. The Balaban J connectivity index is 1.38. The molecule has 8 nitrogen and oxygen atoms in total. The number of nitrogens with zero attached hydrogens (tertiary/aromatic N) is 5. The predicted octanol–water partition coefficient (Wildman–Crippen LogP) is 4.93. The van der Waals surface area contributed by atoms with Crippen LogP contribution in [0.3, 0.4) is 0 Å². The molecule has 1 fully saturated rings. The molecule has 2 unspecified atom stereocenters. The van der Waals surface area contributed by atoms with E-state index in [9.17, 15) is 9.50 Å². The second-order valence-electron chi connectivity index (χ2n) is 10.8. The summed E-state index contributed by atoms with van der Waals surface area (Å²) in [7, 11) is 0. The van der Waals surface area contributed by atoms with Crippen molar-refractivity contribution in [3.63, 3.8) is 0 Å². The van der Waals surface area contributed by atoms with Crippen molar-refractivity contribution < 1.29 is 13.9 Å². The standard InChI is InChI=1S/C29H37F2N7O/c1-6-37-11-9-19(10-12-37)28(39)21-7-8-25(33-17(21)4)35-29-32-15-23(31)26(36-29)20-13-22(30)27-24(14-20)38(16(2)3)18(5)34-27/h7-8,13-17,19,28,33,39H,6,9-12H2,1-5H3,(H,32,35,36). The summed E-state index contributed by atoms with van der Waals surface area (Å²) < 4.78 is 31.8. The van der Waals surface area contributed by atoms with Crippen molar-refractivity contribution in [1.82, 2.24) is 29.7 Å². The number of imidazole rings is 1. The van der Waals surface area contributed by atoms with Crippen LogP contribution in [-0.2, 0) is 0 Å². The maximum absolute atomic E-state index is 15.0. The van der Waals surface area contributed by atoms with Crippen molar-refractivity contribution in [2.75, 3.05) is 25.0 Å². The largest absolute Gasteiger partial charge is 0.388 e. The van der Waals surface area contributed by atoms with Gasteiger partial charge in [-0.25, -0.2) is 23.7 Å². The Hall–Kier alpha value is -3.37. The molecule has 0 saturated carbocycles. The lowest BCUT2D eigenvalue weighted by Crippen LogP contribution is -2.43. The van der Waals surface area contributed by atoms with Crippen LogP contribution in [0.15, 0.2) is 41.9 Å². The minimum Gasteiger partial charge on any atom is -0.388 e. The van der Waals surface area contributed by atoms with Gasteiger partial charge in [0.25, 0.3) is 0 Å². The molecule has 2 aliphatic heterocycles. The number of likely N-dealkylation sites (tertiary alicyclic amines) is 1. The van der Waals surface area contributed by atoms with E-state index in [1.807, 2.05) is 44.4 Å². The minimum absolute atomic E-state index is 0.00279. The number of aliphatic hydroxyl groups is 1. The molecule has 4 heterocycles. The fourth-order valence-corrected chi connectivity index (χ4v) is 5.79. The van der Waals surface area contributed by atoms with Crippen molar-refractivity contribution in [1.29, 1.82) is 0 Å². The third-order valence-corrected chi connectivity index (χ3v) is 7.89. The van der Waals surface area contributed by atoms with Crippen LogP contribution in [0.25, 0.3) is 22.3 Å². The Morgan fingerprint density at radius 3 is 2.54 bits per heavy atom.